The second-order valence-corrected chi connectivity index (χ2v) is 6.93. The molecule has 5 heteroatoms. The number of para-hydroxylation sites is 4. The Balaban J connectivity index is 0.00000180. The van der Waals surface area contributed by atoms with Crippen molar-refractivity contribution in [3.63, 3.8) is 0 Å². The van der Waals surface area contributed by atoms with E-state index in [0.717, 1.165) is 24.7 Å². The average molecular weight is 532 g/mol. The summed E-state index contributed by atoms with van der Waals surface area (Å²) >= 11 is 0. The van der Waals surface area contributed by atoms with Crippen molar-refractivity contribution in [3.05, 3.63) is 72.8 Å². The summed E-state index contributed by atoms with van der Waals surface area (Å²) in [6.07, 6.45) is 0. The number of nitrogens with zero attached hydrogens (tertiary/aromatic N) is 4. The smallest absolute Gasteiger partial charge is 0.0927 e. The fourth-order valence-electron chi connectivity index (χ4n) is 3.93. The Morgan fingerprint density at radius 1 is 0.593 bits per heavy atom. The molecule has 2 aliphatic heterocycles. The number of anilines is 6. The summed E-state index contributed by atoms with van der Waals surface area (Å²) in [5.41, 5.74) is 7.21. The molecule has 2 aliphatic rings. The number of rotatable bonds is 2. The molecule has 0 atom stereocenters. The predicted octanol–water partition coefficient (Wildman–Crippen LogP) is 4.58. The summed E-state index contributed by atoms with van der Waals surface area (Å²) < 4.78 is 0. The molecule has 0 spiro atoms. The number of fused-ring (bicyclic) bond motifs is 2. The zero-order chi connectivity index (χ0) is 17.7. The van der Waals surface area contributed by atoms with Crippen LogP contribution in [0.4, 0.5) is 34.1 Å². The predicted molar refractivity (Wildman–Crippen MR) is 109 cm³/mol. The molecule has 0 N–H and O–H groups in total. The van der Waals surface area contributed by atoms with Crippen molar-refractivity contribution in [3.8, 4) is 0 Å². The molecule has 27 heavy (non-hydrogen) atoms. The van der Waals surface area contributed by atoms with Gasteiger partial charge in [0.1, 0.15) is 0 Å². The molecule has 0 saturated heterocycles. The van der Waals surface area contributed by atoms with Gasteiger partial charge in [0, 0.05) is 33.9 Å². The van der Waals surface area contributed by atoms with E-state index < -0.39 is 0 Å². The first-order chi connectivity index (χ1) is 12.7. The zero-order valence-electron chi connectivity index (χ0n) is 15.4. The van der Waals surface area contributed by atoms with Crippen LogP contribution in [-0.2, 0) is 19.8 Å². The van der Waals surface area contributed by atoms with Gasteiger partial charge in [-0.15, -0.1) is 18.2 Å². The zero-order valence-corrected chi connectivity index (χ0v) is 17.9. The van der Waals surface area contributed by atoms with Gasteiger partial charge < -0.3 is 19.6 Å². The van der Waals surface area contributed by atoms with Crippen LogP contribution in [0.5, 0.6) is 0 Å². The fraction of sp³-hybridized carbons (Fsp3) is 0.182. The maximum Gasteiger partial charge on any atom is 0.0927 e. The molecule has 0 fully saturated rings. The van der Waals surface area contributed by atoms with Crippen LogP contribution in [0.15, 0.2) is 66.7 Å². The molecular weight excluding hydrogens is 511 g/mol. The van der Waals surface area contributed by atoms with Gasteiger partial charge in [0.25, 0.3) is 0 Å². The van der Waals surface area contributed by atoms with Crippen molar-refractivity contribution in [1.29, 1.82) is 0 Å². The maximum absolute atomic E-state index is 3.65. The van der Waals surface area contributed by atoms with E-state index in [4.69, 9.17) is 0 Å². The monoisotopic (exact) mass is 533 g/mol. The van der Waals surface area contributed by atoms with Crippen LogP contribution in [-0.4, -0.2) is 27.4 Å². The SMILES string of the molecule is CN1CN(c2[c-]c(N3CN(C)c4ccccc43)ccc2)c2ccccc21.[Os]. The maximum atomic E-state index is 3.65. The first kappa shape index (κ1) is 17.9. The summed E-state index contributed by atoms with van der Waals surface area (Å²) in [4.78, 5) is 9.19. The van der Waals surface area contributed by atoms with Gasteiger partial charge in [0.15, 0.2) is 0 Å². The first-order valence-corrected chi connectivity index (χ1v) is 8.90. The van der Waals surface area contributed by atoms with Gasteiger partial charge in [-0.2, -0.15) is 6.07 Å². The molecule has 138 valence electrons. The Bertz CT molecular complexity index is 899. The largest absolute Gasteiger partial charge is 0.355 e. The molecule has 4 nitrogen and oxygen atoms in total. The molecule has 0 bridgehead atoms. The number of hydrogen-bond acceptors (Lipinski definition) is 4. The summed E-state index contributed by atoms with van der Waals surface area (Å²) in [6, 6.07) is 27.1. The van der Waals surface area contributed by atoms with E-state index in [1.54, 1.807) is 0 Å². The van der Waals surface area contributed by atoms with Gasteiger partial charge in [-0.05, 0) is 24.3 Å². The Morgan fingerprint density at radius 3 is 1.44 bits per heavy atom. The van der Waals surface area contributed by atoms with Gasteiger partial charge >= 0.3 is 0 Å². The van der Waals surface area contributed by atoms with Crippen molar-refractivity contribution in [2.24, 2.45) is 0 Å². The van der Waals surface area contributed by atoms with Gasteiger partial charge in [-0.3, -0.25) is 0 Å². The normalized spacial score (nSPS) is 14.9. The van der Waals surface area contributed by atoms with Crippen LogP contribution in [0.3, 0.4) is 0 Å². The van der Waals surface area contributed by atoms with Gasteiger partial charge in [-0.25, -0.2) is 0 Å². The van der Waals surface area contributed by atoms with E-state index in [1.807, 2.05) is 0 Å². The minimum Gasteiger partial charge on any atom is -0.355 e. The van der Waals surface area contributed by atoms with Crippen LogP contribution in [0.25, 0.3) is 0 Å². The quantitative estimate of drug-likeness (QED) is 0.449. The summed E-state index contributed by atoms with van der Waals surface area (Å²) in [5.74, 6) is 0. The Labute approximate surface area is 173 Å². The second-order valence-electron chi connectivity index (χ2n) is 6.93. The van der Waals surface area contributed by atoms with Gasteiger partial charge in [-0.1, -0.05) is 35.6 Å². The summed E-state index contributed by atoms with van der Waals surface area (Å²) in [6.45, 7) is 1.69. The van der Waals surface area contributed by atoms with E-state index in [9.17, 15) is 0 Å². The van der Waals surface area contributed by atoms with Crippen molar-refractivity contribution >= 4 is 34.1 Å². The van der Waals surface area contributed by atoms with Crippen LogP contribution in [0.2, 0.25) is 0 Å². The van der Waals surface area contributed by atoms with E-state index in [2.05, 4.69) is 106 Å². The molecule has 2 heterocycles. The molecule has 3 aromatic rings. The average Bonchev–Trinajstić information content (AvgIpc) is 3.20. The summed E-state index contributed by atoms with van der Waals surface area (Å²) in [5, 5.41) is 0. The molecule has 0 aliphatic carbocycles. The van der Waals surface area contributed by atoms with Crippen molar-refractivity contribution < 1.29 is 19.8 Å². The molecule has 0 saturated carbocycles. The van der Waals surface area contributed by atoms with Crippen molar-refractivity contribution in [2.45, 2.75) is 0 Å². The third-order valence-corrected chi connectivity index (χ3v) is 5.22. The minimum atomic E-state index is 0. The third kappa shape index (κ3) is 2.87. The molecular formula is C22H21N4Os-. The van der Waals surface area contributed by atoms with Gasteiger partial charge in [0.05, 0.1) is 36.1 Å². The third-order valence-electron chi connectivity index (χ3n) is 5.22. The number of benzene rings is 3. The Hall–Kier alpha value is -2.50. The molecule has 0 amide bonds. The van der Waals surface area contributed by atoms with Crippen molar-refractivity contribution in [1.82, 2.24) is 0 Å². The molecule has 0 radical (unpaired) electrons. The van der Waals surface area contributed by atoms with Crippen LogP contribution >= 0.6 is 0 Å². The topological polar surface area (TPSA) is 13.0 Å². The minimum absolute atomic E-state index is 0. The Morgan fingerprint density at radius 2 is 1.00 bits per heavy atom. The summed E-state index contributed by atoms with van der Waals surface area (Å²) in [7, 11) is 4.27. The van der Waals surface area contributed by atoms with Crippen molar-refractivity contribution in [2.75, 3.05) is 47.0 Å². The standard InChI is InChI=1S/C22H21N4.Os/c1-23-15-25(21-12-5-3-10-19(21)23)17-8-7-9-18(14-17)26-16-24(2)20-11-4-6-13-22(20)26;/h3-13H,15-16H2,1-2H3;/q-1;. The second kappa shape index (κ2) is 6.91. The van der Waals surface area contributed by atoms with E-state index in [0.29, 0.717) is 0 Å². The molecule has 3 aromatic carbocycles. The van der Waals surface area contributed by atoms with Crippen LogP contribution in [0, 0.1) is 6.07 Å². The van der Waals surface area contributed by atoms with E-state index in [-0.39, 0.29) is 19.8 Å². The molecule has 5 rings (SSSR count). The fourth-order valence-corrected chi connectivity index (χ4v) is 3.93. The van der Waals surface area contributed by atoms with Gasteiger partial charge in [0.2, 0.25) is 0 Å². The van der Waals surface area contributed by atoms with Crippen LogP contribution in [0.1, 0.15) is 0 Å². The Kier molecular flexibility index (Phi) is 4.58. The molecule has 0 aromatic heterocycles. The first-order valence-electron chi connectivity index (χ1n) is 8.90. The number of hydrogen-bond donors (Lipinski definition) is 0. The van der Waals surface area contributed by atoms with E-state index >= 15 is 0 Å². The molecule has 0 unspecified atom stereocenters. The van der Waals surface area contributed by atoms with Crippen LogP contribution < -0.4 is 19.6 Å². The van der Waals surface area contributed by atoms with E-state index in [1.165, 1.54) is 22.7 Å².